The Kier molecular flexibility index (Phi) is 5.29. The van der Waals surface area contributed by atoms with Crippen molar-refractivity contribution in [3.63, 3.8) is 0 Å². The fraction of sp³-hybridized carbons (Fsp3) is 0.0455. The minimum absolute atomic E-state index is 0.0880. The Bertz CT molecular complexity index is 1090. The molecule has 0 unspecified atom stereocenters. The van der Waals surface area contributed by atoms with Crippen LogP contribution in [0.5, 0.6) is 11.6 Å². The standard InChI is InChI=1S/C22H15FN2O4/c23-17-9-6-15(7-10-17)20-12-19(29-25-20)14-27-22(26)16-8-11-21(24-13-16)28-18-4-2-1-3-5-18/h1-13H,14H2. The van der Waals surface area contributed by atoms with Gasteiger partial charge in [-0.2, -0.15) is 0 Å². The van der Waals surface area contributed by atoms with Crippen LogP contribution < -0.4 is 4.74 Å². The highest BCUT2D eigenvalue weighted by atomic mass is 19.1. The smallest absolute Gasteiger partial charge is 0.340 e. The van der Waals surface area contributed by atoms with Crippen molar-refractivity contribution in [3.8, 4) is 22.9 Å². The molecule has 0 aliphatic carbocycles. The van der Waals surface area contributed by atoms with Crippen molar-refractivity contribution in [1.82, 2.24) is 10.1 Å². The Balaban J connectivity index is 1.34. The molecular weight excluding hydrogens is 375 g/mol. The van der Waals surface area contributed by atoms with Gasteiger partial charge in [0.25, 0.3) is 0 Å². The van der Waals surface area contributed by atoms with E-state index in [0.29, 0.717) is 28.6 Å². The van der Waals surface area contributed by atoms with E-state index in [1.807, 2.05) is 18.2 Å². The quantitative estimate of drug-likeness (QED) is 0.430. The predicted molar refractivity (Wildman–Crippen MR) is 102 cm³/mol. The van der Waals surface area contributed by atoms with Crippen LogP contribution in [-0.4, -0.2) is 16.1 Å². The number of nitrogens with zero attached hydrogens (tertiary/aromatic N) is 2. The highest BCUT2D eigenvalue weighted by molar-refractivity contribution is 5.89. The molecule has 4 aromatic rings. The van der Waals surface area contributed by atoms with Crippen LogP contribution in [0.15, 0.2) is 83.5 Å². The van der Waals surface area contributed by atoms with Gasteiger partial charge in [0.2, 0.25) is 5.88 Å². The second-order valence-electron chi connectivity index (χ2n) is 6.06. The molecule has 29 heavy (non-hydrogen) atoms. The lowest BCUT2D eigenvalue weighted by Crippen LogP contribution is -2.05. The van der Waals surface area contributed by atoms with Crippen molar-refractivity contribution in [1.29, 1.82) is 0 Å². The minimum atomic E-state index is -0.552. The summed E-state index contributed by atoms with van der Waals surface area (Å²) in [6.07, 6.45) is 1.38. The van der Waals surface area contributed by atoms with Crippen molar-refractivity contribution in [2.75, 3.05) is 0 Å². The number of rotatable bonds is 6. The monoisotopic (exact) mass is 390 g/mol. The van der Waals surface area contributed by atoms with Gasteiger partial charge >= 0.3 is 5.97 Å². The van der Waals surface area contributed by atoms with Crippen LogP contribution in [0, 0.1) is 5.82 Å². The van der Waals surface area contributed by atoms with Crippen molar-refractivity contribution in [2.24, 2.45) is 0 Å². The first-order valence-electron chi connectivity index (χ1n) is 8.75. The van der Waals surface area contributed by atoms with Gasteiger partial charge in [0.15, 0.2) is 12.4 Å². The van der Waals surface area contributed by atoms with Crippen molar-refractivity contribution >= 4 is 5.97 Å². The predicted octanol–water partition coefficient (Wildman–Crippen LogP) is 5.03. The SMILES string of the molecule is O=C(OCc1cc(-c2ccc(F)cc2)no1)c1ccc(Oc2ccccc2)nc1. The van der Waals surface area contributed by atoms with E-state index in [2.05, 4.69) is 10.1 Å². The lowest BCUT2D eigenvalue weighted by atomic mass is 10.1. The van der Waals surface area contributed by atoms with Crippen LogP contribution in [0.3, 0.4) is 0 Å². The van der Waals surface area contributed by atoms with Crippen LogP contribution in [0.4, 0.5) is 4.39 Å². The average molecular weight is 390 g/mol. The third kappa shape index (κ3) is 4.65. The van der Waals surface area contributed by atoms with E-state index in [0.717, 1.165) is 0 Å². The molecule has 0 aliphatic rings. The molecule has 6 nitrogen and oxygen atoms in total. The Morgan fingerprint density at radius 2 is 1.79 bits per heavy atom. The number of carbonyl (C=O) groups excluding carboxylic acids is 1. The van der Waals surface area contributed by atoms with E-state index in [1.54, 1.807) is 42.5 Å². The average Bonchev–Trinajstić information content (AvgIpc) is 3.23. The van der Waals surface area contributed by atoms with E-state index in [4.69, 9.17) is 14.0 Å². The molecule has 0 fully saturated rings. The number of esters is 1. The third-order valence-electron chi connectivity index (χ3n) is 3.98. The first-order chi connectivity index (χ1) is 14.2. The van der Waals surface area contributed by atoms with Gasteiger partial charge in [0.1, 0.15) is 17.3 Å². The van der Waals surface area contributed by atoms with Crippen LogP contribution >= 0.6 is 0 Å². The summed E-state index contributed by atoms with van der Waals surface area (Å²) in [6.45, 7) is -0.0880. The Morgan fingerprint density at radius 3 is 2.52 bits per heavy atom. The number of aromatic nitrogens is 2. The van der Waals surface area contributed by atoms with Crippen LogP contribution in [0.2, 0.25) is 0 Å². The molecule has 4 rings (SSSR count). The number of hydrogen-bond acceptors (Lipinski definition) is 6. The van der Waals surface area contributed by atoms with Crippen molar-refractivity contribution in [3.05, 3.63) is 96.1 Å². The molecule has 2 aromatic heterocycles. The summed E-state index contributed by atoms with van der Waals surface area (Å²) in [6, 6.07) is 19.8. The maximum Gasteiger partial charge on any atom is 0.340 e. The molecule has 144 valence electrons. The Hall–Kier alpha value is -4.00. The fourth-order valence-corrected chi connectivity index (χ4v) is 2.53. The number of para-hydroxylation sites is 1. The third-order valence-corrected chi connectivity index (χ3v) is 3.98. The van der Waals surface area contributed by atoms with E-state index in [1.165, 1.54) is 18.3 Å². The normalized spacial score (nSPS) is 10.5. The topological polar surface area (TPSA) is 74.5 Å². The number of benzene rings is 2. The van der Waals surface area contributed by atoms with E-state index in [-0.39, 0.29) is 18.0 Å². The lowest BCUT2D eigenvalue weighted by molar-refractivity contribution is 0.0437. The molecule has 0 saturated carbocycles. The van der Waals surface area contributed by atoms with Crippen LogP contribution in [0.1, 0.15) is 16.1 Å². The molecule has 7 heteroatoms. The molecule has 0 N–H and O–H groups in total. The molecule has 0 saturated heterocycles. The minimum Gasteiger partial charge on any atom is -0.454 e. The maximum absolute atomic E-state index is 13.0. The summed E-state index contributed by atoms with van der Waals surface area (Å²) in [5.41, 5.74) is 1.51. The van der Waals surface area contributed by atoms with Gasteiger partial charge in [-0.1, -0.05) is 23.4 Å². The van der Waals surface area contributed by atoms with Gasteiger partial charge in [-0.15, -0.1) is 0 Å². The summed E-state index contributed by atoms with van der Waals surface area (Å²) < 4.78 is 29.0. The zero-order valence-corrected chi connectivity index (χ0v) is 15.1. The lowest BCUT2D eigenvalue weighted by Gasteiger charge is -2.05. The van der Waals surface area contributed by atoms with E-state index in [9.17, 15) is 9.18 Å². The van der Waals surface area contributed by atoms with Gasteiger partial charge in [-0.25, -0.2) is 14.2 Å². The van der Waals surface area contributed by atoms with E-state index < -0.39 is 5.97 Å². The second-order valence-corrected chi connectivity index (χ2v) is 6.06. The number of carbonyl (C=O) groups is 1. The zero-order chi connectivity index (χ0) is 20.1. The van der Waals surface area contributed by atoms with Gasteiger partial charge in [-0.05, 0) is 42.5 Å². The first-order valence-corrected chi connectivity index (χ1v) is 8.75. The molecule has 0 aliphatic heterocycles. The molecule has 0 radical (unpaired) electrons. The first kappa shape index (κ1) is 18.4. The molecular formula is C22H15FN2O4. The zero-order valence-electron chi connectivity index (χ0n) is 15.1. The van der Waals surface area contributed by atoms with Gasteiger partial charge in [0.05, 0.1) is 5.56 Å². The molecule has 0 bridgehead atoms. The van der Waals surface area contributed by atoms with Crippen molar-refractivity contribution in [2.45, 2.75) is 6.61 Å². The van der Waals surface area contributed by atoms with Gasteiger partial charge in [0, 0.05) is 23.9 Å². The highest BCUT2D eigenvalue weighted by Gasteiger charge is 2.12. The molecule has 0 amide bonds. The summed E-state index contributed by atoms with van der Waals surface area (Å²) in [5.74, 6) is 0.503. The summed E-state index contributed by atoms with van der Waals surface area (Å²) in [5, 5.41) is 3.90. The van der Waals surface area contributed by atoms with Gasteiger partial charge < -0.3 is 14.0 Å². The number of pyridine rings is 1. The highest BCUT2D eigenvalue weighted by Crippen LogP contribution is 2.21. The van der Waals surface area contributed by atoms with Crippen LogP contribution in [-0.2, 0) is 11.3 Å². The fourth-order valence-electron chi connectivity index (χ4n) is 2.53. The number of ether oxygens (including phenoxy) is 2. The number of halogens is 1. The Labute approximate surface area is 165 Å². The van der Waals surface area contributed by atoms with E-state index >= 15 is 0 Å². The summed E-state index contributed by atoms with van der Waals surface area (Å²) in [4.78, 5) is 16.3. The molecule has 2 aromatic carbocycles. The molecule has 0 atom stereocenters. The second kappa shape index (κ2) is 8.35. The molecule has 2 heterocycles. The number of hydrogen-bond donors (Lipinski definition) is 0. The van der Waals surface area contributed by atoms with Crippen LogP contribution in [0.25, 0.3) is 11.3 Å². The summed E-state index contributed by atoms with van der Waals surface area (Å²) >= 11 is 0. The maximum atomic E-state index is 13.0. The largest absolute Gasteiger partial charge is 0.454 e. The Morgan fingerprint density at radius 1 is 1.00 bits per heavy atom. The molecule has 0 spiro atoms. The van der Waals surface area contributed by atoms with Crippen molar-refractivity contribution < 1.29 is 23.2 Å². The van der Waals surface area contributed by atoms with Gasteiger partial charge in [-0.3, -0.25) is 0 Å². The summed E-state index contributed by atoms with van der Waals surface area (Å²) in [7, 11) is 0.